The number of aromatic nitrogens is 1. The summed E-state index contributed by atoms with van der Waals surface area (Å²) in [5, 5.41) is 11.8. The summed E-state index contributed by atoms with van der Waals surface area (Å²) >= 11 is 0. The first-order valence-electron chi connectivity index (χ1n) is 11.1. The molecule has 0 aliphatic carbocycles. The molecule has 0 radical (unpaired) electrons. The van der Waals surface area contributed by atoms with Crippen LogP contribution in [0.15, 0.2) is 54.6 Å². The predicted molar refractivity (Wildman–Crippen MR) is 120 cm³/mol. The van der Waals surface area contributed by atoms with Crippen molar-refractivity contribution in [1.29, 1.82) is 0 Å². The third-order valence-electron chi connectivity index (χ3n) is 6.55. The van der Waals surface area contributed by atoms with Gasteiger partial charge in [0.05, 0.1) is 0 Å². The monoisotopic (exact) mass is 419 g/mol. The Kier molecular flexibility index (Phi) is 5.66. The van der Waals surface area contributed by atoms with Crippen LogP contribution in [0.5, 0.6) is 0 Å². The molecule has 31 heavy (non-hydrogen) atoms. The molecule has 2 aromatic carbocycles. The molecule has 3 heterocycles. The van der Waals surface area contributed by atoms with E-state index in [-0.39, 0.29) is 12.7 Å². The molecule has 0 saturated carbocycles. The maximum atomic E-state index is 12.5. The highest BCUT2D eigenvalue weighted by Crippen LogP contribution is 2.28. The van der Waals surface area contributed by atoms with Crippen LogP contribution in [0.25, 0.3) is 10.9 Å². The lowest BCUT2D eigenvalue weighted by Gasteiger charge is -2.29. The summed E-state index contributed by atoms with van der Waals surface area (Å²) < 4.78 is 5.43. The number of nitrogens with one attached hydrogen (secondary N) is 1. The lowest BCUT2D eigenvalue weighted by molar-refractivity contribution is 0.0293. The number of fused-ring (bicyclic) bond motifs is 3. The zero-order chi connectivity index (χ0) is 21.2. The van der Waals surface area contributed by atoms with Gasteiger partial charge < -0.3 is 19.7 Å². The number of aliphatic hydroxyl groups is 1. The van der Waals surface area contributed by atoms with Crippen LogP contribution in [0.3, 0.4) is 0 Å². The molecule has 2 aliphatic rings. The second kappa shape index (κ2) is 8.73. The fourth-order valence-corrected chi connectivity index (χ4v) is 4.94. The second-order valence-electron chi connectivity index (χ2n) is 8.69. The van der Waals surface area contributed by atoms with Crippen molar-refractivity contribution < 1.29 is 14.6 Å². The first-order valence-corrected chi connectivity index (χ1v) is 11.1. The van der Waals surface area contributed by atoms with E-state index in [0.717, 1.165) is 25.9 Å². The molecule has 1 fully saturated rings. The summed E-state index contributed by atoms with van der Waals surface area (Å²) in [5.74, 6) is 0.359. The van der Waals surface area contributed by atoms with Crippen LogP contribution in [0.1, 0.15) is 29.2 Å². The molecule has 2 unspecified atom stereocenters. The average Bonchev–Trinajstić information content (AvgIpc) is 3.43. The Morgan fingerprint density at radius 1 is 1.13 bits per heavy atom. The molecule has 5 rings (SSSR count). The number of carbonyl (C=O) groups excluding carboxylic acids is 1. The number of H-pyrrole nitrogens is 1. The quantitative estimate of drug-likeness (QED) is 0.664. The van der Waals surface area contributed by atoms with Gasteiger partial charge in [0.25, 0.3) is 0 Å². The van der Waals surface area contributed by atoms with Gasteiger partial charge in [0.2, 0.25) is 0 Å². The minimum Gasteiger partial charge on any atom is -0.447 e. The van der Waals surface area contributed by atoms with Gasteiger partial charge in [-0.05, 0) is 30.0 Å². The summed E-state index contributed by atoms with van der Waals surface area (Å²) in [5.41, 5.74) is 5.04. The number of likely N-dealkylation sites (tertiary alicyclic amines) is 1. The van der Waals surface area contributed by atoms with Gasteiger partial charge in [-0.2, -0.15) is 0 Å². The highest BCUT2D eigenvalue weighted by Gasteiger charge is 2.29. The fraction of sp³-hybridized carbons (Fsp3) is 0.400. The number of ether oxygens (including phenoxy) is 1. The SMILES string of the molecule is O=C(OCC(O)CN1CCc2c([nH]c3ccccc23)C1)N1CCC(c2ccccc2)C1. The van der Waals surface area contributed by atoms with E-state index < -0.39 is 6.10 Å². The minimum absolute atomic E-state index is 0.0292. The smallest absolute Gasteiger partial charge is 0.409 e. The molecule has 162 valence electrons. The first-order chi connectivity index (χ1) is 15.2. The Hall–Kier alpha value is -2.83. The zero-order valence-corrected chi connectivity index (χ0v) is 17.7. The zero-order valence-electron chi connectivity index (χ0n) is 17.7. The fourth-order valence-electron chi connectivity index (χ4n) is 4.94. The van der Waals surface area contributed by atoms with Crippen molar-refractivity contribution in [3.8, 4) is 0 Å². The third-order valence-corrected chi connectivity index (χ3v) is 6.55. The van der Waals surface area contributed by atoms with Crippen molar-refractivity contribution in [3.63, 3.8) is 0 Å². The molecule has 2 atom stereocenters. The normalized spacial score (nSPS) is 20.0. The number of β-amino-alcohol motifs (C(OH)–C–C–N with tert-alkyl or cyclic N) is 1. The molecule has 6 nitrogen and oxygen atoms in total. The van der Waals surface area contributed by atoms with Crippen LogP contribution in [0, 0.1) is 0 Å². The summed E-state index contributed by atoms with van der Waals surface area (Å²) in [6.07, 6.45) is 0.888. The Morgan fingerprint density at radius 2 is 1.94 bits per heavy atom. The summed E-state index contributed by atoms with van der Waals surface area (Å²) in [4.78, 5) is 19.9. The van der Waals surface area contributed by atoms with Crippen molar-refractivity contribution in [3.05, 3.63) is 71.4 Å². The maximum Gasteiger partial charge on any atom is 0.409 e. The van der Waals surface area contributed by atoms with Crippen molar-refractivity contribution in [1.82, 2.24) is 14.8 Å². The van der Waals surface area contributed by atoms with Gasteiger partial charge in [-0.15, -0.1) is 0 Å². The van der Waals surface area contributed by atoms with E-state index in [0.29, 0.717) is 25.6 Å². The topological polar surface area (TPSA) is 68.8 Å². The lowest BCUT2D eigenvalue weighted by Crippen LogP contribution is -2.39. The van der Waals surface area contributed by atoms with Gasteiger partial charge in [0, 0.05) is 55.2 Å². The minimum atomic E-state index is -0.692. The van der Waals surface area contributed by atoms with E-state index in [9.17, 15) is 9.90 Å². The first kappa shape index (κ1) is 20.1. The Labute approximate surface area is 182 Å². The summed E-state index contributed by atoms with van der Waals surface area (Å²) in [6, 6.07) is 18.7. The van der Waals surface area contributed by atoms with E-state index in [1.54, 1.807) is 4.90 Å². The van der Waals surface area contributed by atoms with E-state index in [1.807, 2.05) is 24.3 Å². The number of hydrogen-bond donors (Lipinski definition) is 2. The number of para-hydroxylation sites is 1. The summed E-state index contributed by atoms with van der Waals surface area (Å²) in [6.45, 7) is 3.57. The molecule has 2 aliphatic heterocycles. The number of nitrogens with zero attached hydrogens (tertiary/aromatic N) is 2. The lowest BCUT2D eigenvalue weighted by atomic mass is 9.99. The molecular weight excluding hydrogens is 390 g/mol. The third kappa shape index (κ3) is 4.31. The number of aromatic amines is 1. The molecular formula is C25H29N3O3. The van der Waals surface area contributed by atoms with Crippen LogP contribution in [0.2, 0.25) is 0 Å². The van der Waals surface area contributed by atoms with Crippen molar-refractivity contribution in [2.75, 3.05) is 32.8 Å². The molecule has 1 aromatic heterocycles. The Bertz CT molecular complexity index is 1050. The molecule has 0 bridgehead atoms. The number of aliphatic hydroxyl groups excluding tert-OH is 1. The van der Waals surface area contributed by atoms with E-state index in [2.05, 4.69) is 40.2 Å². The van der Waals surface area contributed by atoms with Crippen molar-refractivity contribution in [2.45, 2.75) is 31.4 Å². The average molecular weight is 420 g/mol. The van der Waals surface area contributed by atoms with Gasteiger partial charge in [0.15, 0.2) is 0 Å². The molecule has 6 heteroatoms. The highest BCUT2D eigenvalue weighted by atomic mass is 16.6. The number of amides is 1. The van der Waals surface area contributed by atoms with Crippen LogP contribution in [-0.2, 0) is 17.7 Å². The largest absolute Gasteiger partial charge is 0.447 e. The summed E-state index contributed by atoms with van der Waals surface area (Å²) in [7, 11) is 0. The molecule has 1 amide bonds. The van der Waals surface area contributed by atoms with Gasteiger partial charge in [0.1, 0.15) is 12.7 Å². The van der Waals surface area contributed by atoms with Crippen LogP contribution < -0.4 is 0 Å². The molecule has 0 spiro atoms. The highest BCUT2D eigenvalue weighted by molar-refractivity contribution is 5.84. The van der Waals surface area contributed by atoms with Gasteiger partial charge in [-0.3, -0.25) is 4.90 Å². The van der Waals surface area contributed by atoms with E-state index in [1.165, 1.54) is 27.7 Å². The van der Waals surface area contributed by atoms with Gasteiger partial charge in [-0.1, -0.05) is 48.5 Å². The predicted octanol–water partition coefficient (Wildman–Crippen LogP) is 3.51. The Balaban J connectivity index is 1.10. The van der Waals surface area contributed by atoms with Gasteiger partial charge >= 0.3 is 6.09 Å². The van der Waals surface area contributed by atoms with Crippen molar-refractivity contribution in [2.24, 2.45) is 0 Å². The molecule has 1 saturated heterocycles. The standard InChI is InChI=1S/C25H29N3O3/c29-20(15-27-12-11-22-21-8-4-5-9-23(21)26-24(22)16-27)17-31-25(30)28-13-10-19(14-28)18-6-2-1-3-7-18/h1-9,19-20,26,29H,10-17H2. The van der Waals surface area contributed by atoms with Crippen LogP contribution >= 0.6 is 0 Å². The van der Waals surface area contributed by atoms with E-state index >= 15 is 0 Å². The Morgan fingerprint density at radius 3 is 2.81 bits per heavy atom. The molecule has 2 N–H and O–H groups in total. The maximum absolute atomic E-state index is 12.5. The second-order valence-corrected chi connectivity index (χ2v) is 8.69. The number of rotatable bonds is 5. The number of benzene rings is 2. The van der Waals surface area contributed by atoms with E-state index in [4.69, 9.17) is 4.74 Å². The van der Waals surface area contributed by atoms with Gasteiger partial charge in [-0.25, -0.2) is 4.79 Å². The number of hydrogen-bond acceptors (Lipinski definition) is 4. The number of carbonyl (C=O) groups is 1. The van der Waals surface area contributed by atoms with Crippen LogP contribution in [-0.4, -0.2) is 64.9 Å². The van der Waals surface area contributed by atoms with Crippen LogP contribution in [0.4, 0.5) is 4.79 Å². The van der Waals surface area contributed by atoms with Crippen molar-refractivity contribution >= 4 is 17.0 Å². The molecule has 3 aromatic rings.